The van der Waals surface area contributed by atoms with Crippen LogP contribution in [0.1, 0.15) is 21.6 Å². The van der Waals surface area contributed by atoms with Crippen LogP contribution in [0.25, 0.3) is 0 Å². The first kappa shape index (κ1) is 13.9. The maximum atomic E-state index is 12.1. The molecule has 20 heavy (non-hydrogen) atoms. The summed E-state index contributed by atoms with van der Waals surface area (Å²) in [7, 11) is 1.45. The number of rotatable bonds is 3. The Balaban J connectivity index is 2.21. The molecule has 0 radical (unpaired) electrons. The van der Waals surface area contributed by atoms with E-state index in [0.29, 0.717) is 17.1 Å². The zero-order valence-electron chi connectivity index (χ0n) is 11.6. The van der Waals surface area contributed by atoms with Crippen molar-refractivity contribution < 1.29 is 14.6 Å². The van der Waals surface area contributed by atoms with E-state index in [0.717, 1.165) is 11.3 Å². The molecule has 5 nitrogen and oxygen atoms in total. The predicted molar refractivity (Wildman–Crippen MR) is 76.3 cm³/mol. The minimum atomic E-state index is -0.333. The van der Waals surface area contributed by atoms with Gasteiger partial charge in [0.1, 0.15) is 5.82 Å². The highest BCUT2D eigenvalue weighted by Crippen LogP contribution is 2.26. The van der Waals surface area contributed by atoms with Crippen molar-refractivity contribution in [2.45, 2.75) is 13.8 Å². The van der Waals surface area contributed by atoms with Crippen LogP contribution in [0.15, 0.2) is 30.3 Å². The average molecular weight is 272 g/mol. The number of hydrogen-bond donors (Lipinski definition) is 2. The second-order valence-corrected chi connectivity index (χ2v) is 4.51. The number of carbonyl (C=O) groups excluding carboxylic acids is 1. The van der Waals surface area contributed by atoms with Crippen LogP contribution in [0.5, 0.6) is 11.5 Å². The summed E-state index contributed by atoms with van der Waals surface area (Å²) in [6, 6.07) is 8.19. The quantitative estimate of drug-likeness (QED) is 0.901. The molecule has 0 aliphatic carbocycles. The van der Waals surface area contributed by atoms with Crippen molar-refractivity contribution in [3.05, 3.63) is 47.2 Å². The molecule has 2 rings (SSSR count). The van der Waals surface area contributed by atoms with Gasteiger partial charge in [0, 0.05) is 11.3 Å². The van der Waals surface area contributed by atoms with Crippen LogP contribution in [0.2, 0.25) is 0 Å². The Kier molecular flexibility index (Phi) is 3.89. The van der Waals surface area contributed by atoms with Gasteiger partial charge in [-0.15, -0.1) is 0 Å². The fourth-order valence-electron chi connectivity index (χ4n) is 1.93. The van der Waals surface area contributed by atoms with Gasteiger partial charge in [-0.3, -0.25) is 4.79 Å². The van der Waals surface area contributed by atoms with Crippen LogP contribution in [0.3, 0.4) is 0 Å². The molecular weight excluding hydrogens is 256 g/mol. The molecule has 104 valence electrons. The van der Waals surface area contributed by atoms with Crippen molar-refractivity contribution in [3.63, 3.8) is 0 Å². The Hall–Kier alpha value is -2.56. The molecule has 0 unspecified atom stereocenters. The number of carbonyl (C=O) groups is 1. The largest absolute Gasteiger partial charge is 0.504 e. The third-order valence-corrected chi connectivity index (χ3v) is 2.78. The van der Waals surface area contributed by atoms with E-state index in [4.69, 9.17) is 4.74 Å². The predicted octanol–water partition coefficient (Wildman–Crippen LogP) is 2.66. The normalized spacial score (nSPS) is 10.2. The van der Waals surface area contributed by atoms with Gasteiger partial charge in [-0.05, 0) is 49.7 Å². The molecule has 0 bridgehead atoms. The smallest absolute Gasteiger partial charge is 0.256 e. The van der Waals surface area contributed by atoms with Crippen molar-refractivity contribution in [2.24, 2.45) is 0 Å². The van der Waals surface area contributed by atoms with Crippen molar-refractivity contribution in [1.82, 2.24) is 4.98 Å². The number of aromatic hydroxyl groups is 1. The van der Waals surface area contributed by atoms with E-state index >= 15 is 0 Å². The van der Waals surface area contributed by atoms with Gasteiger partial charge in [-0.25, -0.2) is 4.98 Å². The van der Waals surface area contributed by atoms with Crippen molar-refractivity contribution in [1.29, 1.82) is 0 Å². The van der Waals surface area contributed by atoms with Crippen LogP contribution in [-0.4, -0.2) is 23.1 Å². The van der Waals surface area contributed by atoms with Gasteiger partial charge < -0.3 is 15.2 Å². The zero-order chi connectivity index (χ0) is 14.7. The van der Waals surface area contributed by atoms with Crippen molar-refractivity contribution >= 4 is 11.7 Å². The Morgan fingerprint density at radius 3 is 2.60 bits per heavy atom. The molecule has 0 spiro atoms. The van der Waals surface area contributed by atoms with Crippen LogP contribution in [0.4, 0.5) is 5.82 Å². The average Bonchev–Trinajstić information content (AvgIpc) is 2.37. The molecule has 0 aliphatic heterocycles. The molecule has 2 N–H and O–H groups in total. The molecular formula is C15H16N2O3. The van der Waals surface area contributed by atoms with E-state index in [1.807, 2.05) is 19.9 Å². The van der Waals surface area contributed by atoms with E-state index in [1.54, 1.807) is 18.2 Å². The highest BCUT2D eigenvalue weighted by atomic mass is 16.5. The Morgan fingerprint density at radius 2 is 2.00 bits per heavy atom. The molecule has 0 aliphatic rings. The molecule has 1 amide bonds. The van der Waals surface area contributed by atoms with Gasteiger partial charge in [-0.1, -0.05) is 0 Å². The summed E-state index contributed by atoms with van der Waals surface area (Å²) in [5, 5.41) is 12.4. The fourth-order valence-corrected chi connectivity index (χ4v) is 1.93. The maximum absolute atomic E-state index is 12.1. The third-order valence-electron chi connectivity index (χ3n) is 2.78. The Bertz CT molecular complexity index is 633. The number of aromatic nitrogens is 1. The van der Waals surface area contributed by atoms with Crippen molar-refractivity contribution in [3.8, 4) is 11.5 Å². The lowest BCUT2D eigenvalue weighted by molar-refractivity contribution is 0.102. The van der Waals surface area contributed by atoms with Gasteiger partial charge >= 0.3 is 0 Å². The number of aryl methyl sites for hydroxylation is 2. The van der Waals surface area contributed by atoms with Crippen LogP contribution < -0.4 is 10.1 Å². The van der Waals surface area contributed by atoms with E-state index in [-0.39, 0.29) is 11.7 Å². The summed E-state index contributed by atoms with van der Waals surface area (Å²) in [5.74, 6) is 0.405. The molecule has 0 saturated carbocycles. The fraction of sp³-hybridized carbons (Fsp3) is 0.200. The lowest BCUT2D eigenvalue weighted by Gasteiger charge is -2.08. The number of benzene rings is 1. The van der Waals surface area contributed by atoms with Gasteiger partial charge in [0.2, 0.25) is 0 Å². The number of methoxy groups -OCH3 is 1. The summed E-state index contributed by atoms with van der Waals surface area (Å²) in [6.45, 7) is 3.80. The molecule has 0 fully saturated rings. The Labute approximate surface area is 117 Å². The van der Waals surface area contributed by atoms with E-state index < -0.39 is 0 Å². The number of nitrogens with one attached hydrogen (secondary N) is 1. The summed E-state index contributed by atoms with van der Waals surface area (Å²) >= 11 is 0. The third kappa shape index (κ3) is 3.06. The summed E-state index contributed by atoms with van der Waals surface area (Å²) in [4.78, 5) is 16.3. The van der Waals surface area contributed by atoms with Gasteiger partial charge in [0.05, 0.1) is 7.11 Å². The Morgan fingerprint density at radius 1 is 1.25 bits per heavy atom. The number of anilines is 1. The van der Waals surface area contributed by atoms with Crippen LogP contribution in [-0.2, 0) is 0 Å². The molecule has 5 heteroatoms. The van der Waals surface area contributed by atoms with Crippen LogP contribution >= 0.6 is 0 Å². The first-order chi connectivity index (χ1) is 9.49. The lowest BCUT2D eigenvalue weighted by atomic mass is 10.2. The van der Waals surface area contributed by atoms with Gasteiger partial charge in [0.15, 0.2) is 11.5 Å². The van der Waals surface area contributed by atoms with Gasteiger partial charge in [-0.2, -0.15) is 0 Å². The van der Waals surface area contributed by atoms with E-state index in [2.05, 4.69) is 10.3 Å². The number of ether oxygens (including phenoxy) is 1. The lowest BCUT2D eigenvalue weighted by Crippen LogP contribution is -2.13. The molecule has 1 aromatic heterocycles. The molecule has 0 saturated heterocycles. The number of hydrogen-bond acceptors (Lipinski definition) is 4. The standard InChI is InChI=1S/C15H16N2O3/c1-9-6-10(2)16-14(7-9)17-15(19)11-4-5-13(20-3)12(18)8-11/h4-8,18H,1-3H3,(H,16,17,19). The number of nitrogens with zero attached hydrogens (tertiary/aromatic N) is 1. The molecule has 1 aromatic carbocycles. The monoisotopic (exact) mass is 272 g/mol. The highest BCUT2D eigenvalue weighted by Gasteiger charge is 2.10. The molecule has 0 atom stereocenters. The molecule has 2 aromatic rings. The summed E-state index contributed by atoms with van der Waals surface area (Å²) in [5.41, 5.74) is 2.19. The first-order valence-electron chi connectivity index (χ1n) is 6.13. The van der Waals surface area contributed by atoms with Crippen LogP contribution in [0, 0.1) is 13.8 Å². The number of amides is 1. The van der Waals surface area contributed by atoms with E-state index in [9.17, 15) is 9.90 Å². The summed E-state index contributed by atoms with van der Waals surface area (Å²) in [6.07, 6.45) is 0. The number of phenolic OH excluding ortho intramolecular Hbond substituents is 1. The van der Waals surface area contributed by atoms with E-state index in [1.165, 1.54) is 13.2 Å². The SMILES string of the molecule is COc1ccc(C(=O)Nc2cc(C)cc(C)n2)cc1O. The summed E-state index contributed by atoms with van der Waals surface area (Å²) < 4.78 is 4.94. The number of phenols is 1. The minimum absolute atomic E-state index is 0.0754. The van der Waals surface area contributed by atoms with Gasteiger partial charge in [0.25, 0.3) is 5.91 Å². The highest BCUT2D eigenvalue weighted by molar-refractivity contribution is 6.04. The van der Waals surface area contributed by atoms with Crippen molar-refractivity contribution in [2.75, 3.05) is 12.4 Å². The minimum Gasteiger partial charge on any atom is -0.504 e. The second kappa shape index (κ2) is 5.61. The first-order valence-corrected chi connectivity index (χ1v) is 6.13. The topological polar surface area (TPSA) is 71.5 Å². The molecule has 1 heterocycles. The second-order valence-electron chi connectivity index (χ2n) is 4.51. The maximum Gasteiger partial charge on any atom is 0.256 e. The number of pyridine rings is 1. The zero-order valence-corrected chi connectivity index (χ0v) is 11.6.